The predicted molar refractivity (Wildman–Crippen MR) is 102 cm³/mol. The summed E-state index contributed by atoms with van der Waals surface area (Å²) < 4.78 is 0. The van der Waals surface area contributed by atoms with Gasteiger partial charge >= 0.3 is 0 Å². The maximum atomic E-state index is 12.0. The van der Waals surface area contributed by atoms with Crippen LogP contribution in [0.15, 0.2) is 66.0 Å². The van der Waals surface area contributed by atoms with Crippen LogP contribution in [-0.4, -0.2) is 5.91 Å². The summed E-state index contributed by atoms with van der Waals surface area (Å²) in [5.74, 6) is -0.0831. The van der Waals surface area contributed by atoms with Crippen LogP contribution in [0.5, 0.6) is 0 Å². The molecule has 1 amide bonds. The van der Waals surface area contributed by atoms with Gasteiger partial charge in [-0.15, -0.1) is 11.3 Å². The van der Waals surface area contributed by atoms with Crippen molar-refractivity contribution in [1.29, 1.82) is 0 Å². The van der Waals surface area contributed by atoms with Gasteiger partial charge in [-0.3, -0.25) is 4.79 Å². The van der Waals surface area contributed by atoms with Crippen LogP contribution in [0.4, 0.5) is 11.4 Å². The molecule has 2 N–H and O–H groups in total. The summed E-state index contributed by atoms with van der Waals surface area (Å²) in [7, 11) is 0. The van der Waals surface area contributed by atoms with Crippen molar-refractivity contribution in [1.82, 2.24) is 0 Å². The van der Waals surface area contributed by atoms with Gasteiger partial charge in [0.2, 0.25) is 0 Å². The molecule has 0 radical (unpaired) electrons. The Hall–Kier alpha value is -2.30. The largest absolute Gasteiger partial charge is 0.379 e. The predicted octanol–water partition coefficient (Wildman–Crippen LogP) is 5.83. The second-order valence-electron chi connectivity index (χ2n) is 5.43. The third-order valence-corrected chi connectivity index (χ3v) is 4.76. The second-order valence-corrected chi connectivity index (χ2v) is 6.81. The van der Waals surface area contributed by atoms with Crippen LogP contribution in [0.3, 0.4) is 0 Å². The van der Waals surface area contributed by atoms with Crippen LogP contribution >= 0.6 is 22.9 Å². The first-order valence-electron chi connectivity index (χ1n) is 7.59. The minimum Gasteiger partial charge on any atom is -0.379 e. The molecule has 0 bridgehead atoms. The topological polar surface area (TPSA) is 41.1 Å². The number of thiophene rings is 1. The summed E-state index contributed by atoms with van der Waals surface area (Å²) in [5, 5.41) is 8.95. The van der Waals surface area contributed by atoms with Gasteiger partial charge in [0.15, 0.2) is 0 Å². The first-order valence-corrected chi connectivity index (χ1v) is 8.84. The average Bonchev–Trinajstić information content (AvgIpc) is 3.12. The lowest BCUT2D eigenvalue weighted by atomic mass is 10.1. The molecule has 24 heavy (non-hydrogen) atoms. The number of carbonyl (C=O) groups excluding carboxylic acids is 1. The second kappa shape index (κ2) is 7.51. The Morgan fingerprint density at radius 3 is 2.29 bits per heavy atom. The van der Waals surface area contributed by atoms with Crippen LogP contribution in [-0.2, 0) is 0 Å². The van der Waals surface area contributed by atoms with E-state index < -0.39 is 0 Å². The summed E-state index contributed by atoms with van der Waals surface area (Å²) in [6, 6.07) is 19.3. The van der Waals surface area contributed by atoms with E-state index in [1.165, 1.54) is 11.3 Å². The van der Waals surface area contributed by atoms with E-state index in [-0.39, 0.29) is 11.9 Å². The summed E-state index contributed by atoms with van der Waals surface area (Å²) >= 11 is 7.34. The third-order valence-electron chi connectivity index (χ3n) is 3.64. The van der Waals surface area contributed by atoms with E-state index in [1.807, 2.05) is 66.0 Å². The number of amides is 1. The molecule has 3 nitrogen and oxygen atoms in total. The van der Waals surface area contributed by atoms with Crippen molar-refractivity contribution in [3.05, 3.63) is 81.5 Å². The fraction of sp³-hybridized carbons (Fsp3) is 0.105. The van der Waals surface area contributed by atoms with Gasteiger partial charge in [-0.05, 0) is 60.3 Å². The molecule has 0 saturated heterocycles. The smallest absolute Gasteiger partial charge is 0.265 e. The molecular formula is C19H17ClN2OS. The molecule has 0 aliphatic rings. The Morgan fingerprint density at radius 1 is 1.00 bits per heavy atom. The summed E-state index contributed by atoms with van der Waals surface area (Å²) in [6.45, 7) is 2.09. The monoisotopic (exact) mass is 356 g/mol. The Balaban J connectivity index is 1.62. The summed E-state index contributed by atoms with van der Waals surface area (Å²) in [6.07, 6.45) is 0. The average molecular weight is 357 g/mol. The molecule has 0 saturated carbocycles. The van der Waals surface area contributed by atoms with E-state index in [1.54, 1.807) is 0 Å². The lowest BCUT2D eigenvalue weighted by Gasteiger charge is -2.16. The van der Waals surface area contributed by atoms with Crippen molar-refractivity contribution in [2.24, 2.45) is 0 Å². The van der Waals surface area contributed by atoms with Gasteiger partial charge in [-0.2, -0.15) is 0 Å². The molecule has 122 valence electrons. The van der Waals surface area contributed by atoms with Gasteiger partial charge in [0.1, 0.15) is 0 Å². The van der Waals surface area contributed by atoms with Crippen LogP contribution in [0.1, 0.15) is 28.2 Å². The first kappa shape index (κ1) is 16.6. The molecule has 0 aliphatic heterocycles. The number of hydrogen-bond donors (Lipinski definition) is 2. The zero-order chi connectivity index (χ0) is 16.9. The van der Waals surface area contributed by atoms with Crippen molar-refractivity contribution >= 4 is 40.2 Å². The van der Waals surface area contributed by atoms with Gasteiger partial charge in [0.05, 0.1) is 4.88 Å². The van der Waals surface area contributed by atoms with Gasteiger partial charge in [0.25, 0.3) is 5.91 Å². The van der Waals surface area contributed by atoms with Crippen molar-refractivity contribution in [3.63, 3.8) is 0 Å². The van der Waals surface area contributed by atoms with Gasteiger partial charge in [-0.1, -0.05) is 29.8 Å². The fourth-order valence-electron chi connectivity index (χ4n) is 2.34. The van der Waals surface area contributed by atoms with E-state index in [0.29, 0.717) is 4.88 Å². The number of nitrogens with one attached hydrogen (secondary N) is 2. The van der Waals surface area contributed by atoms with E-state index in [0.717, 1.165) is 22.0 Å². The van der Waals surface area contributed by atoms with Crippen LogP contribution in [0.25, 0.3) is 0 Å². The number of benzene rings is 2. The SMILES string of the molecule is CC(Nc1ccc(NC(=O)c2cccs2)cc1)c1ccc(Cl)cc1. The molecule has 1 heterocycles. The summed E-state index contributed by atoms with van der Waals surface area (Å²) in [5.41, 5.74) is 2.93. The molecule has 2 aromatic carbocycles. The van der Waals surface area contributed by atoms with E-state index in [9.17, 15) is 4.79 Å². The molecule has 0 aliphatic carbocycles. The van der Waals surface area contributed by atoms with Gasteiger partial charge in [-0.25, -0.2) is 0 Å². The van der Waals surface area contributed by atoms with Crippen molar-refractivity contribution in [3.8, 4) is 0 Å². The molecular weight excluding hydrogens is 340 g/mol. The maximum Gasteiger partial charge on any atom is 0.265 e. The quantitative estimate of drug-likeness (QED) is 0.604. The lowest BCUT2D eigenvalue weighted by molar-refractivity contribution is 0.103. The molecule has 1 atom stereocenters. The fourth-order valence-corrected chi connectivity index (χ4v) is 3.08. The van der Waals surface area contributed by atoms with Crippen molar-refractivity contribution in [2.75, 3.05) is 10.6 Å². The molecule has 1 aromatic heterocycles. The Kier molecular flexibility index (Phi) is 5.18. The number of rotatable bonds is 5. The zero-order valence-corrected chi connectivity index (χ0v) is 14.7. The number of halogens is 1. The number of anilines is 2. The van der Waals surface area contributed by atoms with E-state index >= 15 is 0 Å². The highest BCUT2D eigenvalue weighted by Crippen LogP contribution is 2.22. The highest BCUT2D eigenvalue weighted by molar-refractivity contribution is 7.12. The highest BCUT2D eigenvalue weighted by Gasteiger charge is 2.08. The molecule has 3 rings (SSSR count). The molecule has 1 unspecified atom stereocenters. The Morgan fingerprint density at radius 2 is 1.67 bits per heavy atom. The van der Waals surface area contributed by atoms with Gasteiger partial charge < -0.3 is 10.6 Å². The third kappa shape index (κ3) is 4.16. The molecule has 5 heteroatoms. The van der Waals surface area contributed by atoms with Crippen LogP contribution in [0.2, 0.25) is 5.02 Å². The molecule has 0 fully saturated rings. The van der Waals surface area contributed by atoms with Crippen molar-refractivity contribution in [2.45, 2.75) is 13.0 Å². The zero-order valence-electron chi connectivity index (χ0n) is 13.1. The lowest BCUT2D eigenvalue weighted by Crippen LogP contribution is -2.10. The standard InChI is InChI=1S/C19H17ClN2OS/c1-13(14-4-6-15(20)7-5-14)21-16-8-10-17(11-9-16)22-19(23)18-3-2-12-24-18/h2-13,21H,1H3,(H,22,23). The van der Waals surface area contributed by atoms with E-state index in [2.05, 4.69) is 17.6 Å². The summed E-state index contributed by atoms with van der Waals surface area (Å²) in [4.78, 5) is 12.7. The minimum atomic E-state index is -0.0831. The van der Waals surface area contributed by atoms with Crippen LogP contribution < -0.4 is 10.6 Å². The maximum absolute atomic E-state index is 12.0. The van der Waals surface area contributed by atoms with E-state index in [4.69, 9.17) is 11.6 Å². The van der Waals surface area contributed by atoms with Crippen molar-refractivity contribution < 1.29 is 4.79 Å². The number of hydrogen-bond acceptors (Lipinski definition) is 3. The highest BCUT2D eigenvalue weighted by atomic mass is 35.5. The Labute approximate surface area is 150 Å². The Bertz CT molecular complexity index is 798. The normalized spacial score (nSPS) is 11.8. The minimum absolute atomic E-state index is 0.0831. The molecule has 3 aromatic rings. The number of carbonyl (C=O) groups is 1. The van der Waals surface area contributed by atoms with Gasteiger partial charge in [0, 0.05) is 22.4 Å². The molecule has 0 spiro atoms. The van der Waals surface area contributed by atoms with Crippen LogP contribution in [0, 0.1) is 0 Å². The first-order chi connectivity index (χ1) is 11.6.